The number of ether oxygens (including phenoxy) is 4. The Labute approximate surface area is 305 Å². The Bertz CT molecular complexity index is 1880. The van der Waals surface area contributed by atoms with Crippen molar-refractivity contribution in [2.75, 3.05) is 28.4 Å². The fourth-order valence-corrected chi connectivity index (χ4v) is 7.06. The largest absolute Gasteiger partial charge is 0.507 e. The van der Waals surface area contributed by atoms with Crippen molar-refractivity contribution < 1.29 is 49.3 Å². The lowest BCUT2D eigenvalue weighted by molar-refractivity contribution is -0.119. The third kappa shape index (κ3) is 8.50. The van der Waals surface area contributed by atoms with Crippen molar-refractivity contribution in [2.45, 2.75) is 83.2 Å². The highest BCUT2D eigenvalue weighted by atomic mass is 16.5. The van der Waals surface area contributed by atoms with E-state index in [4.69, 9.17) is 18.9 Å². The van der Waals surface area contributed by atoms with E-state index in [1.807, 2.05) is 36.4 Å². The van der Waals surface area contributed by atoms with E-state index in [-0.39, 0.29) is 46.4 Å². The topological polar surface area (TPSA) is 155 Å². The Morgan fingerprint density at radius 1 is 0.500 bits per heavy atom. The minimum absolute atomic E-state index is 0.0462. The number of carbonyl (C=O) groups is 1. The van der Waals surface area contributed by atoms with Gasteiger partial charge in [0.05, 0.1) is 34.5 Å². The summed E-state index contributed by atoms with van der Waals surface area (Å²) in [6.45, 7) is 0. The minimum Gasteiger partial charge on any atom is -0.507 e. The number of aliphatic hydroxyl groups is 1. The van der Waals surface area contributed by atoms with Crippen LogP contribution in [0.4, 0.5) is 0 Å². The van der Waals surface area contributed by atoms with Crippen LogP contribution in [0.3, 0.4) is 0 Å². The van der Waals surface area contributed by atoms with Crippen LogP contribution in [0.1, 0.15) is 73.6 Å². The van der Waals surface area contributed by atoms with Crippen LogP contribution in [0.25, 0.3) is 22.3 Å². The molecule has 0 aliphatic heterocycles. The molecule has 0 unspecified atom stereocenters. The molecule has 52 heavy (non-hydrogen) atoms. The molecule has 2 aliphatic carbocycles. The normalized spacial score (nSPS) is 16.2. The zero-order chi connectivity index (χ0) is 37.4. The molecular weight excluding hydrogens is 664 g/mol. The third-order valence-corrected chi connectivity index (χ3v) is 9.94. The Hall–Kier alpha value is -5.09. The van der Waals surface area contributed by atoms with Gasteiger partial charge in [-0.2, -0.15) is 0 Å². The third-order valence-electron chi connectivity index (χ3n) is 9.94. The van der Waals surface area contributed by atoms with E-state index in [9.17, 15) is 30.3 Å². The summed E-state index contributed by atoms with van der Waals surface area (Å²) < 4.78 is 21.8. The van der Waals surface area contributed by atoms with Crippen molar-refractivity contribution >= 4 is 5.78 Å². The van der Waals surface area contributed by atoms with E-state index in [0.717, 1.165) is 55.2 Å². The number of carbonyl (C=O) groups excluding carboxylic acids is 1. The second-order valence-corrected chi connectivity index (χ2v) is 13.4. The smallest absolute Gasteiger partial charge is 0.203 e. The molecule has 4 aromatic carbocycles. The van der Waals surface area contributed by atoms with Gasteiger partial charge < -0.3 is 44.5 Å². The molecule has 1 atom stereocenters. The lowest BCUT2D eigenvalue weighted by Gasteiger charge is -2.18. The van der Waals surface area contributed by atoms with Crippen LogP contribution in [0.2, 0.25) is 0 Å². The number of fused-ring (bicyclic) bond motifs is 10. The summed E-state index contributed by atoms with van der Waals surface area (Å²) in [5, 5.41) is 52.2. The summed E-state index contributed by atoms with van der Waals surface area (Å²) in [5.74, 6) is 1.93. The first-order valence-corrected chi connectivity index (χ1v) is 17.9. The van der Waals surface area contributed by atoms with Crippen LogP contribution >= 0.6 is 0 Å². The number of aryl methyl sites for hydroxylation is 4. The first-order valence-electron chi connectivity index (χ1n) is 17.9. The van der Waals surface area contributed by atoms with Gasteiger partial charge in [-0.1, -0.05) is 18.6 Å². The van der Waals surface area contributed by atoms with Crippen molar-refractivity contribution in [3.05, 3.63) is 70.8 Å². The average molecular weight is 715 g/mol. The molecule has 10 heteroatoms. The SMILES string of the molecule is COc1c2cc(c(O)c1OC)CCCCC(=O)CCc1ccc(O)c-2c1.COc1c2cc(c(O)c1OC)CCCC[C@@H](O)CCc1ccc(O)c-2c1. The zero-order valence-corrected chi connectivity index (χ0v) is 30.5. The molecule has 0 aromatic heterocycles. The highest BCUT2D eigenvalue weighted by molar-refractivity contribution is 5.83. The maximum Gasteiger partial charge on any atom is 0.203 e. The molecule has 5 N–H and O–H groups in total. The molecule has 0 radical (unpaired) electrons. The van der Waals surface area contributed by atoms with Crippen LogP contribution in [0, 0.1) is 0 Å². The lowest BCUT2D eigenvalue weighted by atomic mass is 9.95. The number of aliphatic hydroxyl groups excluding tert-OH is 1. The van der Waals surface area contributed by atoms with Gasteiger partial charge in [-0.3, -0.25) is 4.79 Å². The minimum atomic E-state index is -0.339. The standard InChI is InChI=1S/C21H26O5.C21H24O5/c2*1-25-20-17-12-14(19(24)21(20)26-2)5-3-4-6-15(22)9-7-13-8-10-18(23)16(17)11-13/h8,10-12,15,22-24H,3-7,9H2,1-2H3;8,10-12,23-24H,3-7,9H2,1-2H3/t15-;/m1./s1. The average Bonchev–Trinajstić information content (AvgIpc) is 3.16. The number of aromatic hydroxyl groups is 4. The fraction of sp³-hybridized carbons (Fsp3) is 0.405. The van der Waals surface area contributed by atoms with Crippen molar-refractivity contribution in [2.24, 2.45) is 0 Å². The highest BCUT2D eigenvalue weighted by Crippen LogP contribution is 2.50. The first kappa shape index (κ1) is 38.1. The molecule has 278 valence electrons. The van der Waals surface area contributed by atoms with E-state index < -0.39 is 0 Å². The van der Waals surface area contributed by atoms with Gasteiger partial charge >= 0.3 is 0 Å². The molecule has 0 saturated heterocycles. The molecule has 4 aromatic rings. The Morgan fingerprint density at radius 2 is 0.962 bits per heavy atom. The van der Waals surface area contributed by atoms with Crippen LogP contribution in [0.5, 0.6) is 46.0 Å². The predicted octanol–water partition coefficient (Wildman–Crippen LogP) is 7.81. The van der Waals surface area contributed by atoms with Gasteiger partial charge in [0.15, 0.2) is 23.0 Å². The van der Waals surface area contributed by atoms with E-state index in [1.165, 1.54) is 28.4 Å². The Morgan fingerprint density at radius 3 is 1.46 bits per heavy atom. The molecular formula is C42H50O10. The summed E-state index contributed by atoms with van der Waals surface area (Å²) >= 11 is 0. The fourth-order valence-electron chi connectivity index (χ4n) is 7.06. The van der Waals surface area contributed by atoms with Crippen molar-refractivity contribution in [1.29, 1.82) is 0 Å². The van der Waals surface area contributed by atoms with Gasteiger partial charge in [0, 0.05) is 35.1 Å². The van der Waals surface area contributed by atoms with Gasteiger partial charge in [0.25, 0.3) is 0 Å². The van der Waals surface area contributed by atoms with Crippen molar-refractivity contribution in [1.82, 2.24) is 0 Å². The number of rotatable bonds is 4. The monoisotopic (exact) mass is 714 g/mol. The van der Waals surface area contributed by atoms with Crippen molar-refractivity contribution in [3.63, 3.8) is 0 Å². The summed E-state index contributed by atoms with van der Waals surface area (Å²) in [6, 6.07) is 14.5. The van der Waals surface area contributed by atoms with E-state index in [0.29, 0.717) is 77.8 Å². The van der Waals surface area contributed by atoms with E-state index in [1.54, 1.807) is 12.1 Å². The molecule has 8 bridgehead atoms. The first-order chi connectivity index (χ1) is 25.1. The molecule has 2 aliphatic rings. The number of phenolic OH excluding ortho intramolecular Hbond substituents is 4. The molecule has 0 spiro atoms. The summed E-state index contributed by atoms with van der Waals surface area (Å²) in [7, 11) is 6.00. The number of hydrogen-bond acceptors (Lipinski definition) is 10. The second kappa shape index (κ2) is 17.4. The molecule has 10 nitrogen and oxygen atoms in total. The Balaban J connectivity index is 0.000000201. The number of ketones is 1. The highest BCUT2D eigenvalue weighted by Gasteiger charge is 2.24. The van der Waals surface area contributed by atoms with E-state index in [2.05, 4.69) is 0 Å². The number of Topliss-reactive ketones (excluding diaryl/α,β-unsaturated/α-hetero) is 1. The van der Waals surface area contributed by atoms with Crippen molar-refractivity contribution in [3.8, 4) is 68.2 Å². The van der Waals surface area contributed by atoms with Crippen LogP contribution < -0.4 is 18.9 Å². The van der Waals surface area contributed by atoms with Gasteiger partial charge in [0.1, 0.15) is 17.3 Å². The molecule has 6 rings (SSSR count). The van der Waals surface area contributed by atoms with Gasteiger partial charge in [0.2, 0.25) is 11.5 Å². The van der Waals surface area contributed by atoms with E-state index >= 15 is 0 Å². The number of benzene rings is 4. The van der Waals surface area contributed by atoms with Crippen LogP contribution in [0.15, 0.2) is 48.5 Å². The quantitative estimate of drug-likeness (QED) is 0.141. The maximum atomic E-state index is 12.1. The summed E-state index contributed by atoms with van der Waals surface area (Å²) in [4.78, 5) is 12.1. The summed E-state index contributed by atoms with van der Waals surface area (Å²) in [5.41, 5.74) is 6.06. The molecule has 0 fully saturated rings. The molecule has 0 amide bonds. The maximum absolute atomic E-state index is 12.1. The number of hydrogen-bond donors (Lipinski definition) is 5. The molecule has 0 saturated carbocycles. The van der Waals surface area contributed by atoms with Crippen LogP contribution in [-0.4, -0.2) is 65.9 Å². The lowest BCUT2D eigenvalue weighted by Crippen LogP contribution is -2.08. The second-order valence-electron chi connectivity index (χ2n) is 13.4. The molecule has 0 heterocycles. The predicted molar refractivity (Wildman–Crippen MR) is 199 cm³/mol. The van der Waals surface area contributed by atoms with Gasteiger partial charge in [-0.15, -0.1) is 0 Å². The summed E-state index contributed by atoms with van der Waals surface area (Å²) in [6.07, 6.45) is 8.08. The van der Waals surface area contributed by atoms with Crippen LogP contribution in [-0.2, 0) is 30.5 Å². The number of methoxy groups -OCH3 is 4. The van der Waals surface area contributed by atoms with Gasteiger partial charge in [-0.25, -0.2) is 0 Å². The zero-order valence-electron chi connectivity index (χ0n) is 30.5. The number of phenols is 4. The Kier molecular flexibility index (Phi) is 12.8. The van der Waals surface area contributed by atoms with Gasteiger partial charge in [-0.05, 0) is 116 Å².